The molecule has 9 nitrogen and oxygen atoms in total. The summed E-state index contributed by atoms with van der Waals surface area (Å²) >= 11 is 0. The monoisotopic (exact) mass is 582 g/mol. The molecule has 4 aliphatic rings. The van der Waals surface area contributed by atoms with Crippen LogP contribution in [0.5, 0.6) is 0 Å². The maximum atomic E-state index is 14.9. The molecule has 0 bridgehead atoms. The van der Waals surface area contributed by atoms with Gasteiger partial charge in [-0.15, -0.1) is 0 Å². The fraction of sp³-hybridized carbons (Fsp3) is 0.481. The summed E-state index contributed by atoms with van der Waals surface area (Å²) in [6.45, 7) is -1.47. The molecule has 2 N–H and O–H groups in total. The minimum atomic E-state index is -4.74. The van der Waals surface area contributed by atoms with Gasteiger partial charge < -0.3 is 20.3 Å². The molecule has 2 unspecified atom stereocenters. The summed E-state index contributed by atoms with van der Waals surface area (Å²) in [5.41, 5.74) is -1.53. The number of carbonyl (C=O) groups excluding carboxylic acids is 4. The van der Waals surface area contributed by atoms with Crippen molar-refractivity contribution >= 4 is 23.8 Å². The minimum absolute atomic E-state index is 0.110. The van der Waals surface area contributed by atoms with Gasteiger partial charge in [-0.3, -0.25) is 14.5 Å². The Kier molecular flexibility index (Phi) is 7.28. The van der Waals surface area contributed by atoms with Crippen LogP contribution >= 0.6 is 0 Å². The lowest BCUT2D eigenvalue weighted by molar-refractivity contribution is -0.196. The van der Waals surface area contributed by atoms with Crippen LogP contribution in [0.1, 0.15) is 31.2 Å². The molecule has 41 heavy (non-hydrogen) atoms. The van der Waals surface area contributed by atoms with Gasteiger partial charge in [0, 0.05) is 19.5 Å². The van der Waals surface area contributed by atoms with E-state index in [4.69, 9.17) is 4.74 Å². The van der Waals surface area contributed by atoms with E-state index >= 15 is 0 Å². The molecule has 14 heteroatoms. The van der Waals surface area contributed by atoms with Crippen LogP contribution < -0.4 is 10.6 Å². The summed E-state index contributed by atoms with van der Waals surface area (Å²) < 4.78 is 76.3. The van der Waals surface area contributed by atoms with Gasteiger partial charge >= 0.3 is 18.3 Å². The van der Waals surface area contributed by atoms with Gasteiger partial charge in [0.05, 0.1) is 6.54 Å². The van der Waals surface area contributed by atoms with E-state index in [0.29, 0.717) is 4.90 Å². The SMILES string of the molecule is CNC(=O)NC1=C(F)C=C2C(CCC23CN(CC(=O)N(Cc2ccc(F)cc2)[C@@H](C2CC2)C(F)(F)F)C(=O)O3)C1=O. The first-order valence-electron chi connectivity index (χ1n) is 13.1. The molecule has 1 aliphatic heterocycles. The largest absolute Gasteiger partial charge is 0.436 e. The Balaban J connectivity index is 1.38. The Bertz CT molecular complexity index is 1340. The lowest BCUT2D eigenvalue weighted by Crippen LogP contribution is -2.52. The molecule has 1 heterocycles. The fourth-order valence-electron chi connectivity index (χ4n) is 5.83. The molecule has 1 spiro atoms. The summed E-state index contributed by atoms with van der Waals surface area (Å²) in [5.74, 6) is -4.97. The Morgan fingerprint density at radius 3 is 2.44 bits per heavy atom. The van der Waals surface area contributed by atoms with Crippen LogP contribution in [0, 0.1) is 17.7 Å². The van der Waals surface area contributed by atoms with Crippen molar-refractivity contribution in [3.8, 4) is 0 Å². The van der Waals surface area contributed by atoms with Crippen molar-refractivity contribution in [2.45, 2.75) is 50.0 Å². The Morgan fingerprint density at radius 2 is 1.83 bits per heavy atom. The summed E-state index contributed by atoms with van der Waals surface area (Å²) in [7, 11) is 1.29. The lowest BCUT2D eigenvalue weighted by atomic mass is 9.85. The number of benzene rings is 1. The van der Waals surface area contributed by atoms with Crippen molar-refractivity contribution in [2.24, 2.45) is 11.8 Å². The Labute approximate surface area is 231 Å². The van der Waals surface area contributed by atoms with Crippen molar-refractivity contribution in [1.29, 1.82) is 0 Å². The predicted octanol–water partition coefficient (Wildman–Crippen LogP) is 3.72. The second kappa shape index (κ2) is 10.5. The first-order chi connectivity index (χ1) is 19.3. The van der Waals surface area contributed by atoms with Crippen molar-refractivity contribution in [2.75, 3.05) is 20.1 Å². The van der Waals surface area contributed by atoms with Crippen LogP contribution in [0.15, 0.2) is 47.4 Å². The number of urea groups is 1. The van der Waals surface area contributed by atoms with Gasteiger partial charge in [0.15, 0.2) is 17.2 Å². The summed E-state index contributed by atoms with van der Waals surface area (Å²) in [6.07, 6.45) is -3.85. The van der Waals surface area contributed by atoms with E-state index in [2.05, 4.69) is 10.6 Å². The van der Waals surface area contributed by atoms with Crippen molar-refractivity contribution in [1.82, 2.24) is 20.4 Å². The number of hydrogen-bond donors (Lipinski definition) is 2. The highest BCUT2D eigenvalue weighted by molar-refractivity contribution is 6.04. The quantitative estimate of drug-likeness (QED) is 0.477. The molecule has 3 aliphatic carbocycles. The molecule has 1 saturated heterocycles. The highest BCUT2D eigenvalue weighted by Crippen LogP contribution is 2.50. The molecular formula is C27H27F5N4O5. The fourth-order valence-corrected chi connectivity index (χ4v) is 5.83. The maximum absolute atomic E-state index is 14.9. The van der Waals surface area contributed by atoms with E-state index in [9.17, 15) is 41.1 Å². The predicted molar refractivity (Wildman–Crippen MR) is 132 cm³/mol. The molecule has 1 aromatic carbocycles. The zero-order valence-corrected chi connectivity index (χ0v) is 21.9. The second-order valence-electron chi connectivity index (χ2n) is 10.7. The van der Waals surface area contributed by atoms with Gasteiger partial charge in [0.2, 0.25) is 5.91 Å². The van der Waals surface area contributed by atoms with Gasteiger partial charge in [-0.05, 0) is 60.9 Å². The topological polar surface area (TPSA) is 108 Å². The normalized spacial score (nSPS) is 24.7. The molecule has 1 aromatic rings. The smallest absolute Gasteiger partial charge is 0.411 e. The lowest BCUT2D eigenvalue weighted by Gasteiger charge is -2.34. The molecule has 3 fully saturated rings. The molecule has 0 aromatic heterocycles. The van der Waals surface area contributed by atoms with Crippen LogP contribution in [-0.4, -0.2) is 71.6 Å². The van der Waals surface area contributed by atoms with E-state index in [0.717, 1.165) is 23.1 Å². The van der Waals surface area contributed by atoms with E-state index in [1.807, 2.05) is 0 Å². The van der Waals surface area contributed by atoms with E-state index in [-0.39, 0.29) is 43.4 Å². The van der Waals surface area contributed by atoms with Crippen LogP contribution in [0.4, 0.5) is 31.5 Å². The van der Waals surface area contributed by atoms with Crippen LogP contribution in [-0.2, 0) is 20.9 Å². The number of alkyl halides is 3. The summed E-state index contributed by atoms with van der Waals surface area (Å²) in [6, 6.07) is 1.85. The number of Topliss-reactive ketones (excluding diaryl/α,β-unsaturated/α-hetero) is 1. The minimum Gasteiger partial charge on any atom is -0.436 e. The maximum Gasteiger partial charge on any atom is 0.411 e. The van der Waals surface area contributed by atoms with E-state index < -0.39 is 83.9 Å². The number of halogens is 5. The number of fused-ring (bicyclic) bond motifs is 2. The first kappa shape index (κ1) is 28.6. The van der Waals surface area contributed by atoms with E-state index in [1.165, 1.54) is 19.2 Å². The van der Waals surface area contributed by atoms with Gasteiger partial charge in [-0.2, -0.15) is 13.2 Å². The number of rotatable bonds is 7. The summed E-state index contributed by atoms with van der Waals surface area (Å²) in [4.78, 5) is 52.5. The van der Waals surface area contributed by atoms with E-state index in [1.54, 1.807) is 0 Å². The Morgan fingerprint density at radius 1 is 1.15 bits per heavy atom. The number of allylic oxidation sites excluding steroid dienone is 3. The third-order valence-electron chi connectivity index (χ3n) is 7.93. The van der Waals surface area contributed by atoms with Gasteiger partial charge in [-0.1, -0.05) is 12.1 Å². The summed E-state index contributed by atoms with van der Waals surface area (Å²) in [5, 5.41) is 4.38. The molecule has 220 valence electrons. The molecular weight excluding hydrogens is 555 g/mol. The van der Waals surface area contributed by atoms with Gasteiger partial charge in [0.1, 0.15) is 24.1 Å². The highest BCUT2D eigenvalue weighted by atomic mass is 19.4. The molecule has 3 atom stereocenters. The number of nitrogens with one attached hydrogen (secondary N) is 2. The number of nitrogens with zero attached hydrogens (tertiary/aromatic N) is 2. The molecule has 4 amide bonds. The van der Waals surface area contributed by atoms with Crippen molar-refractivity contribution in [3.05, 3.63) is 58.8 Å². The number of amides is 4. The second-order valence-corrected chi connectivity index (χ2v) is 10.7. The Hall–Kier alpha value is -3.97. The zero-order chi connectivity index (χ0) is 29.7. The van der Waals surface area contributed by atoms with Crippen LogP contribution in [0.2, 0.25) is 0 Å². The molecule has 5 rings (SSSR count). The van der Waals surface area contributed by atoms with Crippen molar-refractivity contribution < 1.29 is 45.9 Å². The number of hydrogen-bond acceptors (Lipinski definition) is 5. The zero-order valence-electron chi connectivity index (χ0n) is 21.9. The average molecular weight is 583 g/mol. The molecule has 0 radical (unpaired) electrons. The van der Waals surface area contributed by atoms with Gasteiger partial charge in [-0.25, -0.2) is 18.4 Å². The number of ether oxygens (including phenoxy) is 1. The third-order valence-corrected chi connectivity index (χ3v) is 7.93. The van der Waals surface area contributed by atoms with Crippen molar-refractivity contribution in [3.63, 3.8) is 0 Å². The van der Waals surface area contributed by atoms with Crippen LogP contribution in [0.3, 0.4) is 0 Å². The number of carbonyl (C=O) groups is 4. The third kappa shape index (κ3) is 5.51. The molecule has 2 saturated carbocycles. The standard InChI is InChI=1S/C27H27F5N4O5/c1-33-24(39)34-21-19(29)10-18-17(22(21)38)8-9-26(18)13-35(25(40)41-26)12-20(37)36(11-14-2-6-16(28)7-3-14)23(15-4-5-15)27(30,31)32/h2-3,6-7,10,15,17,23H,4-5,8-9,11-13H2,1H3,(H2,33,34,39)/t17?,23-,26?/m0/s1. The van der Waals surface area contributed by atoms with Crippen LogP contribution in [0.25, 0.3) is 0 Å². The van der Waals surface area contributed by atoms with Gasteiger partial charge in [0.25, 0.3) is 0 Å². The number of ketones is 1. The highest BCUT2D eigenvalue weighted by Gasteiger charge is 2.58. The first-order valence-corrected chi connectivity index (χ1v) is 13.1. The average Bonchev–Trinajstić information content (AvgIpc) is 3.60.